The molecular weight excluding hydrogens is 359 g/mol. The molecule has 0 saturated heterocycles. The molecule has 132 valence electrons. The first kappa shape index (κ1) is 19.2. The minimum Gasteiger partial charge on any atom is -0.462 e. The molecule has 26 heavy (non-hydrogen) atoms. The van der Waals surface area contributed by atoms with Crippen molar-refractivity contribution in [3.63, 3.8) is 0 Å². The van der Waals surface area contributed by atoms with Gasteiger partial charge in [-0.15, -0.1) is 0 Å². The number of rotatable bonds is 5. The van der Waals surface area contributed by atoms with Crippen LogP contribution in [0.1, 0.15) is 22.8 Å². The van der Waals surface area contributed by atoms with Gasteiger partial charge in [-0.05, 0) is 61.0 Å². The Morgan fingerprint density at radius 2 is 1.69 bits per heavy atom. The minimum atomic E-state index is -0.884. The van der Waals surface area contributed by atoms with Crippen LogP contribution in [0.3, 0.4) is 0 Å². The van der Waals surface area contributed by atoms with Crippen molar-refractivity contribution in [1.29, 1.82) is 5.26 Å². The molecule has 0 aliphatic heterocycles. The molecule has 0 aliphatic rings. The van der Waals surface area contributed by atoms with Gasteiger partial charge in [-0.3, -0.25) is 4.79 Å². The largest absolute Gasteiger partial charge is 0.462 e. The third-order valence-electron chi connectivity index (χ3n) is 3.32. The molecule has 0 aliphatic carbocycles. The third-order valence-corrected chi connectivity index (χ3v) is 3.57. The zero-order chi connectivity index (χ0) is 19.1. The van der Waals surface area contributed by atoms with Crippen LogP contribution < -0.4 is 5.32 Å². The molecule has 2 rings (SSSR count). The summed E-state index contributed by atoms with van der Waals surface area (Å²) in [6.07, 6.45) is 0. The standard InChI is InChI=1S/C19H14ClFN2O3/c1-2-26-19(25)16(11-22)17(12-5-9-15(21)10-6-12)23-18(24)13-3-7-14(20)8-4-13/h3-10H,2H2,1H3,(H,23,24)/b17-16-. The summed E-state index contributed by atoms with van der Waals surface area (Å²) in [5.74, 6) is -1.93. The Kier molecular flexibility index (Phi) is 6.48. The van der Waals surface area contributed by atoms with E-state index in [1.807, 2.05) is 0 Å². The maximum atomic E-state index is 13.2. The highest BCUT2D eigenvalue weighted by molar-refractivity contribution is 6.30. The normalized spacial score (nSPS) is 11.2. The van der Waals surface area contributed by atoms with Gasteiger partial charge in [0.05, 0.1) is 12.3 Å². The fourth-order valence-electron chi connectivity index (χ4n) is 2.09. The molecule has 0 radical (unpaired) electrons. The van der Waals surface area contributed by atoms with Crippen molar-refractivity contribution in [2.75, 3.05) is 6.61 Å². The number of nitriles is 1. The van der Waals surface area contributed by atoms with Crippen molar-refractivity contribution < 1.29 is 18.7 Å². The number of halogens is 2. The van der Waals surface area contributed by atoms with Gasteiger partial charge in [-0.25, -0.2) is 9.18 Å². The number of ether oxygens (including phenoxy) is 1. The molecule has 0 spiro atoms. The molecule has 2 aromatic rings. The fraction of sp³-hybridized carbons (Fsp3) is 0.105. The van der Waals surface area contributed by atoms with Crippen LogP contribution in [0.15, 0.2) is 54.1 Å². The third kappa shape index (κ3) is 4.68. The van der Waals surface area contributed by atoms with Crippen LogP contribution in [0.25, 0.3) is 5.70 Å². The van der Waals surface area contributed by atoms with E-state index in [-0.39, 0.29) is 23.4 Å². The van der Waals surface area contributed by atoms with Gasteiger partial charge in [0.1, 0.15) is 11.9 Å². The number of hydrogen-bond donors (Lipinski definition) is 1. The van der Waals surface area contributed by atoms with Crippen molar-refractivity contribution in [3.8, 4) is 6.07 Å². The van der Waals surface area contributed by atoms with E-state index in [2.05, 4.69) is 5.32 Å². The van der Waals surface area contributed by atoms with Crippen molar-refractivity contribution >= 4 is 29.2 Å². The van der Waals surface area contributed by atoms with Crippen molar-refractivity contribution in [2.45, 2.75) is 6.92 Å². The van der Waals surface area contributed by atoms with Gasteiger partial charge in [0.15, 0.2) is 5.57 Å². The maximum Gasteiger partial charge on any atom is 0.351 e. The van der Waals surface area contributed by atoms with E-state index in [1.54, 1.807) is 13.0 Å². The highest BCUT2D eigenvalue weighted by Crippen LogP contribution is 2.19. The van der Waals surface area contributed by atoms with Crippen LogP contribution in [0.2, 0.25) is 5.02 Å². The zero-order valence-electron chi connectivity index (χ0n) is 13.8. The number of carbonyl (C=O) groups is 2. The first-order valence-corrected chi connectivity index (χ1v) is 7.98. The van der Waals surface area contributed by atoms with Gasteiger partial charge >= 0.3 is 5.97 Å². The SMILES string of the molecule is CCOC(=O)/C(C#N)=C(\NC(=O)c1ccc(Cl)cc1)c1ccc(F)cc1. The number of amides is 1. The highest BCUT2D eigenvalue weighted by atomic mass is 35.5. The average molecular weight is 373 g/mol. The molecule has 2 aromatic carbocycles. The second-order valence-electron chi connectivity index (χ2n) is 5.05. The number of carbonyl (C=O) groups excluding carboxylic acids is 2. The van der Waals surface area contributed by atoms with E-state index < -0.39 is 17.7 Å². The predicted octanol–water partition coefficient (Wildman–Crippen LogP) is 3.71. The molecule has 1 N–H and O–H groups in total. The van der Waals surface area contributed by atoms with E-state index in [4.69, 9.17) is 16.3 Å². The Hall–Kier alpha value is -3.17. The zero-order valence-corrected chi connectivity index (χ0v) is 14.5. The lowest BCUT2D eigenvalue weighted by atomic mass is 10.1. The molecule has 0 fully saturated rings. The molecule has 0 heterocycles. The summed E-state index contributed by atoms with van der Waals surface area (Å²) in [5.41, 5.74) is 0.111. The van der Waals surface area contributed by atoms with Crippen LogP contribution in [0.5, 0.6) is 0 Å². The second-order valence-corrected chi connectivity index (χ2v) is 5.49. The summed E-state index contributed by atoms with van der Waals surface area (Å²) in [7, 11) is 0. The van der Waals surface area contributed by atoms with Crippen LogP contribution in [-0.4, -0.2) is 18.5 Å². The lowest BCUT2D eigenvalue weighted by Gasteiger charge is -2.13. The molecule has 0 saturated carbocycles. The van der Waals surface area contributed by atoms with Gasteiger partial charge in [0.2, 0.25) is 0 Å². The number of nitrogens with one attached hydrogen (secondary N) is 1. The lowest BCUT2D eigenvalue weighted by Crippen LogP contribution is -2.25. The monoisotopic (exact) mass is 372 g/mol. The summed E-state index contributed by atoms with van der Waals surface area (Å²) in [6.45, 7) is 1.66. The van der Waals surface area contributed by atoms with Gasteiger partial charge in [0.25, 0.3) is 5.91 Å². The summed E-state index contributed by atoms with van der Waals surface area (Å²) < 4.78 is 18.1. The number of benzene rings is 2. The fourth-order valence-corrected chi connectivity index (χ4v) is 2.22. The van der Waals surface area contributed by atoms with Gasteiger partial charge in [-0.1, -0.05) is 11.6 Å². The second kappa shape index (κ2) is 8.79. The minimum absolute atomic E-state index is 0.0614. The summed E-state index contributed by atoms with van der Waals surface area (Å²) in [4.78, 5) is 24.6. The molecule has 0 unspecified atom stereocenters. The van der Waals surface area contributed by atoms with Gasteiger partial charge in [-0.2, -0.15) is 5.26 Å². The van der Waals surface area contributed by atoms with Crippen LogP contribution in [0.4, 0.5) is 4.39 Å². The smallest absolute Gasteiger partial charge is 0.351 e. The molecule has 0 aromatic heterocycles. The molecule has 0 bridgehead atoms. The molecule has 1 amide bonds. The van der Waals surface area contributed by atoms with Gasteiger partial charge in [0, 0.05) is 10.6 Å². The number of esters is 1. The first-order valence-electron chi connectivity index (χ1n) is 7.60. The number of hydrogen-bond acceptors (Lipinski definition) is 4. The van der Waals surface area contributed by atoms with E-state index in [1.165, 1.54) is 36.4 Å². The molecular formula is C19H14ClFN2O3. The maximum absolute atomic E-state index is 13.2. The number of nitrogens with zero attached hydrogens (tertiary/aromatic N) is 1. The Morgan fingerprint density at radius 1 is 1.12 bits per heavy atom. The van der Waals surface area contributed by atoms with Crippen molar-refractivity contribution in [2.24, 2.45) is 0 Å². The summed E-state index contributed by atoms with van der Waals surface area (Å²) >= 11 is 5.80. The average Bonchev–Trinajstić information content (AvgIpc) is 2.63. The Morgan fingerprint density at radius 3 is 2.23 bits per heavy atom. The summed E-state index contributed by atoms with van der Waals surface area (Å²) in [6, 6.07) is 12.8. The highest BCUT2D eigenvalue weighted by Gasteiger charge is 2.21. The van der Waals surface area contributed by atoms with Crippen molar-refractivity contribution in [3.05, 3.63) is 76.1 Å². The topological polar surface area (TPSA) is 79.2 Å². The predicted molar refractivity (Wildman–Crippen MR) is 94.5 cm³/mol. The first-order chi connectivity index (χ1) is 12.5. The quantitative estimate of drug-likeness (QED) is 0.493. The lowest BCUT2D eigenvalue weighted by molar-refractivity contribution is -0.137. The van der Waals surface area contributed by atoms with E-state index in [0.717, 1.165) is 12.1 Å². The van der Waals surface area contributed by atoms with E-state index >= 15 is 0 Å². The van der Waals surface area contributed by atoms with E-state index in [0.29, 0.717) is 10.6 Å². The summed E-state index contributed by atoms with van der Waals surface area (Å²) in [5, 5.41) is 12.4. The van der Waals surface area contributed by atoms with Crippen LogP contribution in [0, 0.1) is 17.1 Å². The molecule has 5 nitrogen and oxygen atoms in total. The molecule has 0 atom stereocenters. The van der Waals surface area contributed by atoms with Crippen LogP contribution >= 0.6 is 11.6 Å². The van der Waals surface area contributed by atoms with Gasteiger partial charge < -0.3 is 10.1 Å². The van der Waals surface area contributed by atoms with E-state index in [9.17, 15) is 19.2 Å². The van der Waals surface area contributed by atoms with Crippen molar-refractivity contribution in [1.82, 2.24) is 5.32 Å². The van der Waals surface area contributed by atoms with Crippen LogP contribution in [-0.2, 0) is 9.53 Å². The Balaban J connectivity index is 2.48. The Labute approximate surface area is 154 Å². The molecule has 7 heteroatoms. The Bertz CT molecular complexity index is 884.